The molecule has 1 aliphatic rings. The molecule has 100 valence electrons. The van der Waals surface area contributed by atoms with Crippen LogP contribution in [0.4, 0.5) is 0 Å². The summed E-state index contributed by atoms with van der Waals surface area (Å²) >= 11 is 0. The van der Waals surface area contributed by atoms with Gasteiger partial charge in [-0.05, 0) is 26.7 Å². The number of furan rings is 1. The number of carboxylic acid groups (broad SMARTS) is 1. The van der Waals surface area contributed by atoms with Gasteiger partial charge in [-0.25, -0.2) is 13.2 Å². The number of hydrogen-bond donors (Lipinski definition) is 1. The van der Waals surface area contributed by atoms with E-state index in [2.05, 4.69) is 0 Å². The van der Waals surface area contributed by atoms with Gasteiger partial charge < -0.3 is 9.52 Å². The fourth-order valence-electron chi connectivity index (χ4n) is 2.22. The van der Waals surface area contributed by atoms with E-state index >= 15 is 0 Å². The number of aromatic carboxylic acids is 1. The van der Waals surface area contributed by atoms with Crippen LogP contribution in [0, 0.1) is 6.92 Å². The SMILES string of the molecule is Cc1oc(C(=O)O)cc1S(=O)(=O)N1CCCC1C. The average molecular weight is 273 g/mol. The van der Waals surface area contributed by atoms with Gasteiger partial charge in [0.25, 0.3) is 0 Å². The second-order valence-electron chi connectivity index (χ2n) is 4.44. The Morgan fingerprint density at radius 3 is 2.67 bits per heavy atom. The highest BCUT2D eigenvalue weighted by Crippen LogP contribution is 2.29. The third-order valence-corrected chi connectivity index (χ3v) is 5.28. The van der Waals surface area contributed by atoms with E-state index in [1.807, 2.05) is 6.92 Å². The highest BCUT2D eigenvalue weighted by molar-refractivity contribution is 7.89. The quantitative estimate of drug-likeness (QED) is 0.900. The van der Waals surface area contributed by atoms with Crippen LogP contribution in [0.25, 0.3) is 0 Å². The lowest BCUT2D eigenvalue weighted by molar-refractivity contribution is 0.0661. The number of aryl methyl sites for hydroxylation is 1. The summed E-state index contributed by atoms with van der Waals surface area (Å²) in [5.74, 6) is -1.50. The highest BCUT2D eigenvalue weighted by atomic mass is 32.2. The van der Waals surface area contributed by atoms with E-state index in [0.717, 1.165) is 18.9 Å². The van der Waals surface area contributed by atoms with Gasteiger partial charge in [0.05, 0.1) is 0 Å². The molecule has 1 saturated heterocycles. The zero-order valence-electron chi connectivity index (χ0n) is 10.2. The third-order valence-electron chi connectivity index (χ3n) is 3.16. The van der Waals surface area contributed by atoms with Crippen molar-refractivity contribution in [1.82, 2.24) is 4.31 Å². The molecule has 1 unspecified atom stereocenters. The van der Waals surface area contributed by atoms with E-state index in [1.54, 1.807) is 0 Å². The van der Waals surface area contributed by atoms with E-state index in [9.17, 15) is 13.2 Å². The van der Waals surface area contributed by atoms with E-state index in [1.165, 1.54) is 11.2 Å². The van der Waals surface area contributed by atoms with Crippen LogP contribution in [-0.2, 0) is 10.0 Å². The zero-order chi connectivity index (χ0) is 13.5. The molecule has 1 aliphatic heterocycles. The third kappa shape index (κ3) is 2.04. The molecular weight excluding hydrogens is 258 g/mol. The lowest BCUT2D eigenvalue weighted by Crippen LogP contribution is -2.33. The maximum Gasteiger partial charge on any atom is 0.371 e. The smallest absolute Gasteiger partial charge is 0.371 e. The van der Waals surface area contributed by atoms with Gasteiger partial charge in [0, 0.05) is 18.7 Å². The maximum atomic E-state index is 12.4. The predicted molar refractivity (Wildman–Crippen MR) is 63.0 cm³/mol. The van der Waals surface area contributed by atoms with Crippen LogP contribution in [0.2, 0.25) is 0 Å². The second kappa shape index (κ2) is 4.40. The van der Waals surface area contributed by atoms with Crippen LogP contribution >= 0.6 is 0 Å². The topological polar surface area (TPSA) is 87.8 Å². The van der Waals surface area contributed by atoms with Gasteiger partial charge in [-0.1, -0.05) is 0 Å². The standard InChI is InChI=1S/C11H15NO5S/c1-7-4-3-5-12(7)18(15,16)10-6-9(11(13)14)17-8(10)2/h6-7H,3-5H2,1-2H3,(H,13,14). The Morgan fingerprint density at radius 1 is 1.56 bits per heavy atom. The van der Waals surface area contributed by atoms with Crippen molar-refractivity contribution in [2.75, 3.05) is 6.54 Å². The van der Waals surface area contributed by atoms with Crippen LogP contribution in [0.5, 0.6) is 0 Å². The normalized spacial score (nSPS) is 21.3. The molecule has 0 radical (unpaired) electrons. The second-order valence-corrected chi connectivity index (χ2v) is 6.30. The lowest BCUT2D eigenvalue weighted by atomic mass is 10.3. The van der Waals surface area contributed by atoms with E-state index < -0.39 is 16.0 Å². The number of sulfonamides is 1. The molecule has 18 heavy (non-hydrogen) atoms. The molecule has 0 bridgehead atoms. The van der Waals surface area contributed by atoms with Crippen LogP contribution in [0.15, 0.2) is 15.4 Å². The van der Waals surface area contributed by atoms with Gasteiger partial charge in [-0.15, -0.1) is 0 Å². The van der Waals surface area contributed by atoms with Crippen molar-refractivity contribution in [3.8, 4) is 0 Å². The zero-order valence-corrected chi connectivity index (χ0v) is 11.0. The summed E-state index contributed by atoms with van der Waals surface area (Å²) in [6.45, 7) is 3.77. The van der Waals surface area contributed by atoms with Crippen molar-refractivity contribution >= 4 is 16.0 Å². The molecule has 2 heterocycles. The Labute approximate surface area is 105 Å². The summed E-state index contributed by atoms with van der Waals surface area (Å²) in [5.41, 5.74) is 0. The Hall–Kier alpha value is -1.34. The van der Waals surface area contributed by atoms with E-state index in [0.29, 0.717) is 6.54 Å². The first kappa shape index (κ1) is 13.1. The molecule has 0 aromatic carbocycles. The van der Waals surface area contributed by atoms with E-state index in [4.69, 9.17) is 9.52 Å². The molecule has 0 amide bonds. The molecule has 1 aromatic rings. The van der Waals surface area contributed by atoms with E-state index in [-0.39, 0.29) is 22.5 Å². The average Bonchev–Trinajstić information content (AvgIpc) is 2.84. The molecule has 1 atom stereocenters. The molecule has 7 heteroatoms. The predicted octanol–water partition coefficient (Wildman–Crippen LogP) is 1.46. The van der Waals surface area contributed by atoms with Gasteiger partial charge in [-0.3, -0.25) is 0 Å². The monoisotopic (exact) mass is 273 g/mol. The molecule has 0 aliphatic carbocycles. The summed E-state index contributed by atoms with van der Waals surface area (Å²) < 4.78 is 31.1. The van der Waals surface area contributed by atoms with Crippen LogP contribution < -0.4 is 0 Å². The van der Waals surface area contributed by atoms with Gasteiger partial charge in [0.15, 0.2) is 0 Å². The molecule has 2 rings (SSSR count). The Kier molecular flexibility index (Phi) is 3.20. The van der Waals surface area contributed by atoms with Crippen molar-refractivity contribution in [2.45, 2.75) is 37.6 Å². The van der Waals surface area contributed by atoms with Crippen LogP contribution in [0.1, 0.15) is 36.1 Å². The molecule has 1 fully saturated rings. The summed E-state index contributed by atoms with van der Waals surface area (Å²) in [6, 6.07) is 1.02. The minimum atomic E-state index is -3.65. The fraction of sp³-hybridized carbons (Fsp3) is 0.545. The van der Waals surface area contributed by atoms with Gasteiger partial charge in [0.1, 0.15) is 10.7 Å². The minimum Gasteiger partial charge on any atom is -0.475 e. The molecular formula is C11H15NO5S. The van der Waals surface area contributed by atoms with Crippen molar-refractivity contribution in [3.63, 3.8) is 0 Å². The lowest BCUT2D eigenvalue weighted by Gasteiger charge is -2.20. The van der Waals surface area contributed by atoms with Crippen molar-refractivity contribution in [3.05, 3.63) is 17.6 Å². The molecule has 6 nitrogen and oxygen atoms in total. The summed E-state index contributed by atoms with van der Waals surface area (Å²) in [5, 5.41) is 8.80. The molecule has 0 saturated carbocycles. The summed E-state index contributed by atoms with van der Waals surface area (Å²) in [7, 11) is -3.65. The summed E-state index contributed by atoms with van der Waals surface area (Å²) in [6.07, 6.45) is 1.64. The Bertz CT molecular complexity index is 574. The maximum absolute atomic E-state index is 12.4. The van der Waals surface area contributed by atoms with Crippen molar-refractivity contribution in [1.29, 1.82) is 0 Å². The van der Waals surface area contributed by atoms with Gasteiger partial charge >= 0.3 is 5.97 Å². The fourth-order valence-corrected chi connectivity index (χ4v) is 4.08. The van der Waals surface area contributed by atoms with Crippen molar-refractivity contribution in [2.24, 2.45) is 0 Å². The van der Waals surface area contributed by atoms with Crippen LogP contribution in [-0.4, -0.2) is 36.4 Å². The number of carboxylic acids is 1. The largest absolute Gasteiger partial charge is 0.475 e. The highest BCUT2D eigenvalue weighted by Gasteiger charge is 2.35. The first-order valence-electron chi connectivity index (χ1n) is 5.69. The number of nitrogens with zero attached hydrogens (tertiary/aromatic N) is 1. The molecule has 1 N–H and O–H groups in total. The number of rotatable bonds is 3. The van der Waals surface area contributed by atoms with Gasteiger partial charge in [0.2, 0.25) is 15.8 Å². The molecule has 1 aromatic heterocycles. The Balaban J connectivity index is 2.44. The Morgan fingerprint density at radius 2 is 2.22 bits per heavy atom. The summed E-state index contributed by atoms with van der Waals surface area (Å²) in [4.78, 5) is 10.7. The van der Waals surface area contributed by atoms with Crippen molar-refractivity contribution < 1.29 is 22.7 Å². The molecule has 0 spiro atoms. The number of hydrogen-bond acceptors (Lipinski definition) is 4. The van der Waals surface area contributed by atoms with Crippen LogP contribution in [0.3, 0.4) is 0 Å². The number of carbonyl (C=O) groups is 1. The first-order valence-corrected chi connectivity index (χ1v) is 7.13. The first-order chi connectivity index (χ1) is 8.34. The minimum absolute atomic E-state index is 0.0475. The van der Waals surface area contributed by atoms with Gasteiger partial charge in [-0.2, -0.15) is 4.31 Å².